The first kappa shape index (κ1) is 16.0. The second-order valence-electron chi connectivity index (χ2n) is 6.08. The lowest BCUT2D eigenvalue weighted by molar-refractivity contribution is -0.132. The topological polar surface area (TPSA) is 63.1 Å². The van der Waals surface area contributed by atoms with Crippen LogP contribution in [-0.4, -0.2) is 21.0 Å². The number of hydrogen-bond donors (Lipinski definition) is 1. The van der Waals surface area contributed by atoms with E-state index >= 15 is 0 Å². The molecule has 2 heterocycles. The molecule has 0 fully saturated rings. The van der Waals surface area contributed by atoms with Crippen molar-refractivity contribution in [3.8, 4) is 0 Å². The molecule has 0 saturated carbocycles. The van der Waals surface area contributed by atoms with E-state index in [1.807, 2.05) is 72.8 Å². The van der Waals surface area contributed by atoms with Crippen LogP contribution >= 0.6 is 0 Å². The number of fused-ring (bicyclic) bond motifs is 2. The quantitative estimate of drug-likeness (QED) is 0.556. The number of carboxylic acids is 1. The summed E-state index contributed by atoms with van der Waals surface area (Å²) < 4.78 is 0. The summed E-state index contributed by atoms with van der Waals surface area (Å²) in [7, 11) is 0. The van der Waals surface area contributed by atoms with Crippen LogP contribution in [0.25, 0.3) is 27.9 Å². The maximum Gasteiger partial charge on any atom is 0.332 e. The fourth-order valence-corrected chi connectivity index (χ4v) is 2.93. The molecule has 4 heteroatoms. The van der Waals surface area contributed by atoms with Gasteiger partial charge in [-0.15, -0.1) is 0 Å². The molecule has 0 saturated heterocycles. The zero-order valence-electron chi connectivity index (χ0n) is 14.0. The maximum atomic E-state index is 11.7. The van der Waals surface area contributed by atoms with Crippen molar-refractivity contribution in [3.63, 3.8) is 0 Å². The summed E-state index contributed by atoms with van der Waals surface area (Å²) in [4.78, 5) is 20.8. The van der Waals surface area contributed by atoms with Crippen LogP contribution in [0.3, 0.4) is 0 Å². The molecule has 2 aromatic carbocycles. The highest BCUT2D eigenvalue weighted by Gasteiger charge is 2.11. The number of aliphatic carboxylic acids is 1. The van der Waals surface area contributed by atoms with Crippen LogP contribution in [0.15, 0.2) is 78.4 Å². The Morgan fingerprint density at radius 1 is 0.808 bits per heavy atom. The fraction of sp³-hybridized carbons (Fsp3) is 0.0455. The van der Waals surface area contributed by atoms with E-state index in [0.717, 1.165) is 27.5 Å². The Bertz CT molecular complexity index is 1150. The van der Waals surface area contributed by atoms with Gasteiger partial charge in [-0.1, -0.05) is 48.5 Å². The first-order valence-electron chi connectivity index (χ1n) is 8.33. The van der Waals surface area contributed by atoms with Crippen molar-refractivity contribution in [1.29, 1.82) is 0 Å². The lowest BCUT2D eigenvalue weighted by atomic mass is 10.1. The Kier molecular flexibility index (Phi) is 4.15. The maximum absolute atomic E-state index is 11.7. The van der Waals surface area contributed by atoms with Gasteiger partial charge in [0.05, 0.1) is 16.7 Å². The van der Waals surface area contributed by atoms with Crippen molar-refractivity contribution in [2.24, 2.45) is 0 Å². The molecule has 0 aliphatic heterocycles. The predicted molar refractivity (Wildman–Crippen MR) is 103 cm³/mol. The first-order valence-corrected chi connectivity index (χ1v) is 8.33. The fourth-order valence-electron chi connectivity index (χ4n) is 2.93. The van der Waals surface area contributed by atoms with Crippen molar-refractivity contribution in [2.75, 3.05) is 0 Å². The predicted octanol–water partition coefficient (Wildman–Crippen LogP) is 4.49. The van der Waals surface area contributed by atoms with E-state index in [0.29, 0.717) is 5.69 Å². The van der Waals surface area contributed by atoms with E-state index in [1.165, 1.54) is 0 Å². The number of para-hydroxylation sites is 2. The third kappa shape index (κ3) is 3.30. The average molecular weight is 340 g/mol. The number of aromatic nitrogens is 2. The number of rotatable bonds is 4. The minimum atomic E-state index is -0.963. The summed E-state index contributed by atoms with van der Waals surface area (Å²) >= 11 is 0. The summed E-state index contributed by atoms with van der Waals surface area (Å²) in [6.07, 6.45) is 1.86. The number of nitrogens with zero attached hydrogens (tertiary/aromatic N) is 2. The van der Waals surface area contributed by atoms with Crippen molar-refractivity contribution in [1.82, 2.24) is 9.97 Å². The lowest BCUT2D eigenvalue weighted by Crippen LogP contribution is -2.05. The second kappa shape index (κ2) is 6.76. The van der Waals surface area contributed by atoms with E-state index < -0.39 is 5.97 Å². The zero-order valence-corrected chi connectivity index (χ0v) is 14.0. The van der Waals surface area contributed by atoms with E-state index in [1.54, 1.807) is 6.08 Å². The van der Waals surface area contributed by atoms with E-state index in [4.69, 9.17) is 0 Å². The molecule has 2 aromatic heterocycles. The molecule has 0 atom stereocenters. The lowest BCUT2D eigenvalue weighted by Gasteiger charge is -2.05. The molecule has 0 bridgehead atoms. The van der Waals surface area contributed by atoms with Crippen LogP contribution < -0.4 is 0 Å². The highest BCUT2D eigenvalue weighted by Crippen LogP contribution is 2.17. The van der Waals surface area contributed by atoms with Crippen molar-refractivity contribution < 1.29 is 9.90 Å². The van der Waals surface area contributed by atoms with Crippen LogP contribution in [-0.2, 0) is 11.2 Å². The molecular weight excluding hydrogens is 324 g/mol. The van der Waals surface area contributed by atoms with Gasteiger partial charge in [0.2, 0.25) is 0 Å². The molecule has 4 rings (SSSR count). The summed E-state index contributed by atoms with van der Waals surface area (Å²) in [6.45, 7) is 0. The highest BCUT2D eigenvalue weighted by atomic mass is 16.4. The van der Waals surface area contributed by atoms with Gasteiger partial charge < -0.3 is 5.11 Å². The summed E-state index contributed by atoms with van der Waals surface area (Å²) in [5.41, 5.74) is 3.31. The largest absolute Gasteiger partial charge is 0.478 e. The normalized spacial score (nSPS) is 11.8. The average Bonchev–Trinajstić information content (AvgIpc) is 2.67. The highest BCUT2D eigenvalue weighted by molar-refractivity contribution is 5.93. The molecule has 0 aliphatic rings. The van der Waals surface area contributed by atoms with Crippen molar-refractivity contribution in [3.05, 3.63) is 89.8 Å². The molecule has 126 valence electrons. The Morgan fingerprint density at radius 2 is 1.42 bits per heavy atom. The molecule has 0 unspecified atom stereocenters. The number of pyridine rings is 2. The molecular formula is C22H16N2O2. The van der Waals surface area contributed by atoms with Gasteiger partial charge in [0, 0.05) is 28.5 Å². The van der Waals surface area contributed by atoms with Gasteiger partial charge in [-0.2, -0.15) is 0 Å². The van der Waals surface area contributed by atoms with Crippen molar-refractivity contribution in [2.45, 2.75) is 6.42 Å². The molecule has 26 heavy (non-hydrogen) atoms. The Morgan fingerprint density at radius 3 is 2.12 bits per heavy atom. The summed E-state index contributed by atoms with van der Waals surface area (Å²) in [5, 5.41) is 11.7. The zero-order chi connectivity index (χ0) is 17.9. The molecule has 0 amide bonds. The first-order chi connectivity index (χ1) is 12.7. The van der Waals surface area contributed by atoms with Gasteiger partial charge >= 0.3 is 5.97 Å². The van der Waals surface area contributed by atoms with Gasteiger partial charge in [-0.05, 0) is 30.3 Å². The van der Waals surface area contributed by atoms with Crippen LogP contribution in [0.2, 0.25) is 0 Å². The number of hydrogen-bond acceptors (Lipinski definition) is 3. The summed E-state index contributed by atoms with van der Waals surface area (Å²) in [5.74, 6) is -0.963. The molecule has 1 N–H and O–H groups in total. The third-order valence-corrected chi connectivity index (χ3v) is 4.24. The molecule has 4 nitrogen and oxygen atoms in total. The smallest absolute Gasteiger partial charge is 0.332 e. The van der Waals surface area contributed by atoms with Crippen LogP contribution in [0, 0.1) is 0 Å². The molecule has 0 radical (unpaired) electrons. The monoisotopic (exact) mass is 340 g/mol. The van der Waals surface area contributed by atoms with Gasteiger partial charge in [0.25, 0.3) is 0 Å². The molecule has 0 spiro atoms. The Balaban J connectivity index is 1.69. The molecule has 4 aromatic rings. The SMILES string of the molecule is O=C(O)/C(=C/c1ccc2ccccc2n1)Cc1ccc2ccccc2n1. The van der Waals surface area contributed by atoms with Crippen molar-refractivity contribution >= 4 is 33.9 Å². The van der Waals surface area contributed by atoms with E-state index in [2.05, 4.69) is 9.97 Å². The van der Waals surface area contributed by atoms with Crippen LogP contribution in [0.4, 0.5) is 0 Å². The number of benzene rings is 2. The summed E-state index contributed by atoms with van der Waals surface area (Å²) in [6, 6.07) is 23.2. The number of carbonyl (C=O) groups is 1. The minimum absolute atomic E-state index is 0.245. The van der Waals surface area contributed by atoms with Crippen LogP contribution in [0.5, 0.6) is 0 Å². The number of carboxylic acid groups (broad SMARTS) is 1. The Labute approximate surface area is 150 Å². The molecule has 0 aliphatic carbocycles. The van der Waals surface area contributed by atoms with E-state index in [-0.39, 0.29) is 12.0 Å². The third-order valence-electron chi connectivity index (χ3n) is 4.24. The van der Waals surface area contributed by atoms with Gasteiger partial charge in [-0.3, -0.25) is 4.98 Å². The second-order valence-corrected chi connectivity index (χ2v) is 6.08. The van der Waals surface area contributed by atoms with Crippen LogP contribution in [0.1, 0.15) is 11.4 Å². The standard InChI is InChI=1S/C22H16N2O2/c25-22(26)17(13-18-11-9-15-5-1-3-7-20(15)23-18)14-19-12-10-16-6-2-4-8-21(16)24-19/h1-13H,14H2,(H,25,26)/b17-13+. The van der Waals surface area contributed by atoms with Gasteiger partial charge in [-0.25, -0.2) is 9.78 Å². The van der Waals surface area contributed by atoms with Gasteiger partial charge in [0.15, 0.2) is 0 Å². The van der Waals surface area contributed by atoms with E-state index in [9.17, 15) is 9.90 Å². The Hall–Kier alpha value is -3.53. The van der Waals surface area contributed by atoms with Gasteiger partial charge in [0.1, 0.15) is 0 Å². The minimum Gasteiger partial charge on any atom is -0.478 e.